The summed E-state index contributed by atoms with van der Waals surface area (Å²) >= 11 is 6.09. The van der Waals surface area contributed by atoms with Crippen LogP contribution < -0.4 is 5.32 Å². The second-order valence-corrected chi connectivity index (χ2v) is 9.06. The van der Waals surface area contributed by atoms with Gasteiger partial charge in [-0.05, 0) is 53.8 Å². The van der Waals surface area contributed by atoms with Crippen LogP contribution in [0.5, 0.6) is 0 Å². The van der Waals surface area contributed by atoms with Crippen molar-refractivity contribution in [2.45, 2.75) is 32.7 Å². The third-order valence-corrected chi connectivity index (χ3v) is 5.87. The number of nitrogens with one attached hydrogen (secondary N) is 1. The van der Waals surface area contributed by atoms with Gasteiger partial charge in [0, 0.05) is 28.3 Å². The number of anilines is 1. The van der Waals surface area contributed by atoms with E-state index in [-0.39, 0.29) is 23.1 Å². The molecule has 0 fully saturated rings. The van der Waals surface area contributed by atoms with Crippen molar-refractivity contribution in [3.05, 3.63) is 76.2 Å². The zero-order valence-electron chi connectivity index (χ0n) is 16.6. The van der Waals surface area contributed by atoms with Crippen molar-refractivity contribution in [2.75, 3.05) is 5.32 Å². The molecule has 5 nitrogen and oxygen atoms in total. The fraction of sp³-hybridized carbons (Fsp3) is 0.261. The van der Waals surface area contributed by atoms with Gasteiger partial charge in [0.2, 0.25) is 5.95 Å². The number of fused-ring (bicyclic) bond motifs is 1. The molecule has 152 valence electrons. The first kappa shape index (κ1) is 19.0. The number of hydrogen-bond acceptors (Lipinski definition) is 4. The quantitative estimate of drug-likeness (QED) is 0.601. The fourth-order valence-corrected chi connectivity index (χ4v) is 4.41. The molecule has 2 aliphatic rings. The van der Waals surface area contributed by atoms with Crippen LogP contribution in [0.3, 0.4) is 0 Å². The van der Waals surface area contributed by atoms with Crippen LogP contribution in [-0.2, 0) is 4.79 Å². The Kier molecular flexibility index (Phi) is 4.29. The number of allylic oxidation sites excluding steroid dienone is 2. The van der Waals surface area contributed by atoms with E-state index in [4.69, 9.17) is 16.7 Å². The maximum Gasteiger partial charge on any atom is 0.226 e. The molecular formula is C23H20ClFN4O. The molecule has 2 aromatic carbocycles. The number of nitrogens with zero attached hydrogens (tertiary/aromatic N) is 3. The third-order valence-electron chi connectivity index (χ3n) is 5.62. The Morgan fingerprint density at radius 1 is 1.10 bits per heavy atom. The zero-order valence-corrected chi connectivity index (χ0v) is 17.4. The minimum Gasteiger partial charge on any atom is -0.328 e. The number of aromatic nitrogens is 3. The number of Topliss-reactive ketones (excluding diaryl/α,β-unsaturated/α-hetero) is 1. The maximum absolute atomic E-state index is 13.3. The van der Waals surface area contributed by atoms with Crippen LogP contribution in [0.15, 0.2) is 59.8 Å². The summed E-state index contributed by atoms with van der Waals surface area (Å²) in [5, 5.41) is 8.67. The van der Waals surface area contributed by atoms with Gasteiger partial charge in [-0.3, -0.25) is 4.79 Å². The SMILES string of the molecule is CC1(C)CC(=O)C2=C(C1)Nc1nc(-c3ccc(F)cc3)nn1C2c1ccc(Cl)cc1. The lowest BCUT2D eigenvalue weighted by Gasteiger charge is -2.38. The summed E-state index contributed by atoms with van der Waals surface area (Å²) in [5.74, 6) is 0.838. The van der Waals surface area contributed by atoms with E-state index in [9.17, 15) is 9.18 Å². The van der Waals surface area contributed by atoms with Crippen LogP contribution in [-0.4, -0.2) is 20.5 Å². The summed E-state index contributed by atoms with van der Waals surface area (Å²) in [4.78, 5) is 17.8. The number of rotatable bonds is 2. The Balaban J connectivity index is 1.67. The molecule has 0 spiro atoms. The average Bonchev–Trinajstić information content (AvgIpc) is 3.10. The number of hydrogen-bond donors (Lipinski definition) is 1. The molecule has 2 heterocycles. The monoisotopic (exact) mass is 422 g/mol. The predicted octanol–water partition coefficient (Wildman–Crippen LogP) is 5.40. The smallest absolute Gasteiger partial charge is 0.226 e. The topological polar surface area (TPSA) is 59.8 Å². The standard InChI is InChI=1S/C23H20ClFN4O/c1-23(2)11-17-19(18(30)12-23)20(13-3-7-15(24)8-4-13)29-22(26-17)27-21(28-29)14-5-9-16(25)10-6-14/h3-10,20H,11-12H2,1-2H3,(H,26,27,28). The summed E-state index contributed by atoms with van der Waals surface area (Å²) < 4.78 is 15.1. The number of halogens is 2. The largest absolute Gasteiger partial charge is 0.328 e. The average molecular weight is 423 g/mol. The third kappa shape index (κ3) is 3.21. The Morgan fingerprint density at radius 2 is 1.80 bits per heavy atom. The van der Waals surface area contributed by atoms with E-state index in [1.54, 1.807) is 16.8 Å². The lowest BCUT2D eigenvalue weighted by atomic mass is 9.73. The van der Waals surface area contributed by atoms with E-state index in [2.05, 4.69) is 24.1 Å². The van der Waals surface area contributed by atoms with Crippen molar-refractivity contribution in [3.8, 4) is 11.4 Å². The van der Waals surface area contributed by atoms with Gasteiger partial charge < -0.3 is 5.32 Å². The molecule has 3 aromatic rings. The van der Waals surface area contributed by atoms with Gasteiger partial charge in [-0.25, -0.2) is 9.07 Å². The highest BCUT2D eigenvalue weighted by Gasteiger charge is 2.41. The highest BCUT2D eigenvalue weighted by Crippen LogP contribution is 2.45. The van der Waals surface area contributed by atoms with Gasteiger partial charge in [-0.1, -0.05) is 37.6 Å². The number of carbonyl (C=O) groups excluding carboxylic acids is 1. The van der Waals surface area contributed by atoms with Gasteiger partial charge in [0.05, 0.1) is 0 Å². The lowest BCUT2D eigenvalue weighted by molar-refractivity contribution is -0.118. The van der Waals surface area contributed by atoms with Crippen molar-refractivity contribution in [1.29, 1.82) is 0 Å². The first-order valence-electron chi connectivity index (χ1n) is 9.82. The second kappa shape index (κ2) is 6.77. The molecule has 1 aliphatic heterocycles. The van der Waals surface area contributed by atoms with Gasteiger partial charge in [0.25, 0.3) is 0 Å². The van der Waals surface area contributed by atoms with Crippen molar-refractivity contribution in [1.82, 2.24) is 14.8 Å². The molecule has 0 radical (unpaired) electrons. The number of ketones is 1. The normalized spacial score (nSPS) is 19.9. The molecule has 7 heteroatoms. The molecule has 1 unspecified atom stereocenters. The zero-order chi connectivity index (χ0) is 21.0. The minimum atomic E-state index is -0.390. The fourth-order valence-electron chi connectivity index (χ4n) is 4.28. The van der Waals surface area contributed by atoms with Crippen molar-refractivity contribution in [3.63, 3.8) is 0 Å². The summed E-state index contributed by atoms with van der Waals surface area (Å²) in [7, 11) is 0. The minimum absolute atomic E-state index is 0.109. The summed E-state index contributed by atoms with van der Waals surface area (Å²) in [5.41, 5.74) is 3.11. The van der Waals surface area contributed by atoms with Crippen LogP contribution in [0.25, 0.3) is 11.4 Å². The van der Waals surface area contributed by atoms with Gasteiger partial charge in [-0.2, -0.15) is 4.98 Å². The van der Waals surface area contributed by atoms with E-state index in [1.165, 1.54) is 12.1 Å². The molecule has 1 aromatic heterocycles. The van der Waals surface area contributed by atoms with E-state index in [0.717, 1.165) is 23.3 Å². The molecule has 0 saturated carbocycles. The van der Waals surface area contributed by atoms with Gasteiger partial charge in [-0.15, -0.1) is 5.10 Å². The summed E-state index contributed by atoms with van der Waals surface area (Å²) in [6.07, 6.45) is 1.23. The van der Waals surface area contributed by atoms with E-state index >= 15 is 0 Å². The Labute approximate surface area is 178 Å². The van der Waals surface area contributed by atoms with Crippen LogP contribution in [0.1, 0.15) is 38.3 Å². The maximum atomic E-state index is 13.3. The molecule has 1 N–H and O–H groups in total. The van der Waals surface area contributed by atoms with Crippen LogP contribution in [0, 0.1) is 11.2 Å². The van der Waals surface area contributed by atoms with Gasteiger partial charge in [0.1, 0.15) is 11.9 Å². The van der Waals surface area contributed by atoms with Gasteiger partial charge >= 0.3 is 0 Å². The molecular weight excluding hydrogens is 403 g/mol. The number of benzene rings is 2. The summed E-state index contributed by atoms with van der Waals surface area (Å²) in [6, 6.07) is 13.1. The van der Waals surface area contributed by atoms with Crippen LogP contribution in [0.4, 0.5) is 10.3 Å². The second-order valence-electron chi connectivity index (χ2n) is 8.62. The molecule has 0 saturated heterocycles. The van der Waals surface area contributed by atoms with Crippen molar-refractivity contribution in [2.24, 2.45) is 5.41 Å². The van der Waals surface area contributed by atoms with Crippen LogP contribution >= 0.6 is 11.6 Å². The van der Waals surface area contributed by atoms with E-state index in [0.29, 0.717) is 28.8 Å². The van der Waals surface area contributed by atoms with Crippen LogP contribution in [0.2, 0.25) is 5.02 Å². The van der Waals surface area contributed by atoms with Crippen molar-refractivity contribution >= 4 is 23.3 Å². The summed E-state index contributed by atoms with van der Waals surface area (Å²) in [6.45, 7) is 4.19. The predicted molar refractivity (Wildman–Crippen MR) is 114 cm³/mol. The van der Waals surface area contributed by atoms with Gasteiger partial charge in [0.15, 0.2) is 11.6 Å². The molecule has 5 rings (SSSR count). The number of carbonyl (C=O) groups is 1. The van der Waals surface area contributed by atoms with E-state index < -0.39 is 0 Å². The molecule has 0 bridgehead atoms. The first-order chi connectivity index (χ1) is 14.3. The Morgan fingerprint density at radius 3 is 2.50 bits per heavy atom. The highest BCUT2D eigenvalue weighted by atomic mass is 35.5. The first-order valence-corrected chi connectivity index (χ1v) is 10.2. The molecule has 30 heavy (non-hydrogen) atoms. The van der Waals surface area contributed by atoms with Crippen molar-refractivity contribution < 1.29 is 9.18 Å². The highest BCUT2D eigenvalue weighted by molar-refractivity contribution is 6.30. The lowest BCUT2D eigenvalue weighted by Crippen LogP contribution is -2.36. The molecule has 1 atom stereocenters. The van der Waals surface area contributed by atoms with E-state index in [1.807, 2.05) is 24.3 Å². The molecule has 0 amide bonds. The molecule has 1 aliphatic carbocycles. The Hall–Kier alpha value is -2.99. The Bertz CT molecular complexity index is 1180.